The van der Waals surface area contributed by atoms with E-state index in [1.807, 2.05) is 31.2 Å². The molecule has 0 spiro atoms. The average Bonchev–Trinajstić information content (AvgIpc) is 3.09. The van der Waals surface area contributed by atoms with Crippen LogP contribution in [0.1, 0.15) is 17.1 Å². The van der Waals surface area contributed by atoms with Gasteiger partial charge in [-0.3, -0.25) is 4.79 Å². The van der Waals surface area contributed by atoms with E-state index in [0.29, 0.717) is 18.7 Å². The van der Waals surface area contributed by atoms with Crippen molar-refractivity contribution >= 4 is 28.1 Å². The molecule has 0 saturated carbocycles. The molecule has 1 aliphatic rings. The topological polar surface area (TPSA) is 97.9 Å². The van der Waals surface area contributed by atoms with Crippen LogP contribution in [-0.2, 0) is 11.2 Å². The van der Waals surface area contributed by atoms with E-state index in [9.17, 15) is 9.18 Å². The number of carbonyl (C=O) groups is 1. The summed E-state index contributed by atoms with van der Waals surface area (Å²) in [6.07, 6.45) is -0.614. The number of amides is 1. The first-order valence-electron chi connectivity index (χ1n) is 8.74. The van der Waals surface area contributed by atoms with Gasteiger partial charge in [-0.15, -0.1) is 10.2 Å². The van der Waals surface area contributed by atoms with Gasteiger partial charge in [-0.05, 0) is 37.6 Å². The first kappa shape index (κ1) is 17.9. The largest absolute Gasteiger partial charge is 0.339 e. The number of rotatable bonds is 3. The summed E-state index contributed by atoms with van der Waals surface area (Å²) in [5.74, 6) is -0.158. The maximum Gasteiger partial charge on any atom is 0.228 e. The summed E-state index contributed by atoms with van der Waals surface area (Å²) in [4.78, 5) is 14.0. The number of nitrogens with zero attached hydrogens (tertiary/aromatic N) is 5. The molecule has 7 nitrogen and oxygen atoms in total. The molecule has 2 atom stereocenters. The number of halogens is 1. The zero-order chi connectivity index (χ0) is 19.0. The Morgan fingerprint density at radius 3 is 2.89 bits per heavy atom. The third-order valence-electron chi connectivity index (χ3n) is 4.69. The zero-order valence-electron chi connectivity index (χ0n) is 14.8. The number of fused-ring (bicyclic) bond motifs is 1. The minimum Gasteiger partial charge on any atom is -0.339 e. The van der Waals surface area contributed by atoms with Crippen LogP contribution in [0.4, 0.5) is 4.39 Å². The maximum atomic E-state index is 13.8. The van der Waals surface area contributed by atoms with E-state index in [4.69, 9.17) is 5.73 Å². The zero-order valence-corrected chi connectivity index (χ0v) is 15.6. The number of aromatic nitrogens is 4. The Labute approximate surface area is 159 Å². The van der Waals surface area contributed by atoms with E-state index in [2.05, 4.69) is 20.4 Å². The monoisotopic (exact) mass is 386 g/mol. The number of alkyl halides is 1. The Morgan fingerprint density at radius 2 is 2.15 bits per heavy atom. The summed E-state index contributed by atoms with van der Waals surface area (Å²) >= 11 is 1.52. The molecular weight excluding hydrogens is 367 g/mol. The molecule has 0 unspecified atom stereocenters. The maximum absolute atomic E-state index is 13.8. The SMILES string of the molecule is Cc1nnc(-c2ccc3nnc(CC(=O)N4CC[C@@H](N)[C@H](F)C4)cc3c2)s1. The van der Waals surface area contributed by atoms with Crippen molar-refractivity contribution in [3.63, 3.8) is 0 Å². The van der Waals surface area contributed by atoms with Crippen molar-refractivity contribution in [1.82, 2.24) is 25.3 Å². The van der Waals surface area contributed by atoms with Crippen molar-refractivity contribution < 1.29 is 9.18 Å². The van der Waals surface area contributed by atoms with Crippen LogP contribution in [0, 0.1) is 6.92 Å². The molecule has 0 radical (unpaired) electrons. The van der Waals surface area contributed by atoms with Gasteiger partial charge in [0.25, 0.3) is 0 Å². The quantitative estimate of drug-likeness (QED) is 0.738. The van der Waals surface area contributed by atoms with Crippen molar-refractivity contribution in [2.75, 3.05) is 13.1 Å². The molecule has 2 aromatic heterocycles. The number of benzene rings is 1. The van der Waals surface area contributed by atoms with Gasteiger partial charge in [0.2, 0.25) is 5.91 Å². The molecule has 27 heavy (non-hydrogen) atoms. The normalized spacial score (nSPS) is 20.2. The second-order valence-electron chi connectivity index (χ2n) is 6.72. The van der Waals surface area contributed by atoms with Crippen LogP contribution in [0.2, 0.25) is 0 Å². The summed E-state index contributed by atoms with van der Waals surface area (Å²) in [5.41, 5.74) is 7.92. The second-order valence-corrected chi connectivity index (χ2v) is 7.90. The average molecular weight is 386 g/mol. The molecule has 140 valence electrons. The summed E-state index contributed by atoms with van der Waals surface area (Å²) in [5, 5.41) is 19.2. The van der Waals surface area contributed by atoms with Crippen LogP contribution >= 0.6 is 11.3 Å². The fraction of sp³-hybridized carbons (Fsp3) is 0.389. The first-order valence-corrected chi connectivity index (χ1v) is 9.55. The van der Waals surface area contributed by atoms with Gasteiger partial charge in [-0.25, -0.2) is 4.39 Å². The Bertz CT molecular complexity index is 993. The molecule has 3 heterocycles. The van der Waals surface area contributed by atoms with E-state index in [1.54, 1.807) is 0 Å². The van der Waals surface area contributed by atoms with E-state index < -0.39 is 12.2 Å². The van der Waals surface area contributed by atoms with Crippen molar-refractivity contribution in [2.45, 2.75) is 32.0 Å². The summed E-state index contributed by atoms with van der Waals surface area (Å²) in [7, 11) is 0. The summed E-state index contributed by atoms with van der Waals surface area (Å²) in [6, 6.07) is 7.13. The van der Waals surface area contributed by atoms with Crippen molar-refractivity contribution in [1.29, 1.82) is 0 Å². The molecular formula is C18H19FN6OS. The standard InChI is InChI=1S/C18H19FN6OS/c1-10-21-24-18(27-10)11-2-3-16-12(6-11)7-13(22-23-16)8-17(26)25-5-4-15(20)14(19)9-25/h2-3,6-7,14-15H,4-5,8-9,20H2,1H3/t14-,15-/m1/s1. The first-order chi connectivity index (χ1) is 13.0. The fourth-order valence-corrected chi connectivity index (χ4v) is 3.82. The Morgan fingerprint density at radius 1 is 1.30 bits per heavy atom. The smallest absolute Gasteiger partial charge is 0.228 e. The minimum absolute atomic E-state index is 0.0432. The minimum atomic E-state index is -1.18. The molecule has 1 fully saturated rings. The number of piperidine rings is 1. The lowest BCUT2D eigenvalue weighted by molar-refractivity contribution is -0.132. The van der Waals surface area contributed by atoms with Gasteiger partial charge in [-0.2, -0.15) is 10.2 Å². The predicted molar refractivity (Wildman–Crippen MR) is 101 cm³/mol. The van der Waals surface area contributed by atoms with Gasteiger partial charge in [0.05, 0.1) is 24.2 Å². The number of likely N-dealkylation sites (tertiary alicyclic amines) is 1. The van der Waals surface area contributed by atoms with E-state index in [-0.39, 0.29) is 18.9 Å². The Kier molecular flexibility index (Phi) is 4.79. The molecule has 9 heteroatoms. The summed E-state index contributed by atoms with van der Waals surface area (Å²) < 4.78 is 13.8. The molecule has 4 rings (SSSR count). The van der Waals surface area contributed by atoms with E-state index in [1.165, 1.54) is 16.2 Å². The van der Waals surface area contributed by atoms with Gasteiger partial charge in [0.1, 0.15) is 16.2 Å². The van der Waals surface area contributed by atoms with Crippen LogP contribution in [0.3, 0.4) is 0 Å². The van der Waals surface area contributed by atoms with E-state index >= 15 is 0 Å². The Balaban J connectivity index is 1.54. The molecule has 3 aromatic rings. The van der Waals surface area contributed by atoms with Crippen molar-refractivity contribution in [3.8, 4) is 10.6 Å². The number of aryl methyl sites for hydroxylation is 1. The fourth-order valence-electron chi connectivity index (χ4n) is 3.14. The molecule has 2 N–H and O–H groups in total. The highest BCUT2D eigenvalue weighted by molar-refractivity contribution is 7.14. The van der Waals surface area contributed by atoms with E-state index in [0.717, 1.165) is 26.5 Å². The Hall–Kier alpha value is -2.52. The highest BCUT2D eigenvalue weighted by Gasteiger charge is 2.29. The van der Waals surface area contributed by atoms with Crippen LogP contribution in [-0.4, -0.2) is 56.5 Å². The molecule has 1 aliphatic heterocycles. The molecule has 0 aliphatic carbocycles. The van der Waals surface area contributed by atoms with Gasteiger partial charge in [-0.1, -0.05) is 11.3 Å². The number of hydrogen-bond donors (Lipinski definition) is 1. The van der Waals surface area contributed by atoms with Gasteiger partial charge >= 0.3 is 0 Å². The third-order valence-corrected chi connectivity index (χ3v) is 5.57. The molecule has 1 amide bonds. The van der Waals surface area contributed by atoms with Gasteiger partial charge in [0.15, 0.2) is 0 Å². The van der Waals surface area contributed by atoms with Gasteiger partial charge in [0, 0.05) is 23.5 Å². The highest BCUT2D eigenvalue weighted by Crippen LogP contribution is 2.26. The summed E-state index contributed by atoms with van der Waals surface area (Å²) in [6.45, 7) is 2.43. The number of nitrogens with two attached hydrogens (primary N) is 1. The lowest BCUT2D eigenvalue weighted by Crippen LogP contribution is -2.50. The molecule has 1 aromatic carbocycles. The highest BCUT2D eigenvalue weighted by atomic mass is 32.1. The van der Waals surface area contributed by atoms with Crippen LogP contribution in [0.15, 0.2) is 24.3 Å². The van der Waals surface area contributed by atoms with Gasteiger partial charge < -0.3 is 10.6 Å². The van der Waals surface area contributed by atoms with Crippen molar-refractivity contribution in [2.24, 2.45) is 5.73 Å². The van der Waals surface area contributed by atoms with Crippen LogP contribution in [0.5, 0.6) is 0 Å². The van der Waals surface area contributed by atoms with Crippen LogP contribution in [0.25, 0.3) is 21.5 Å². The molecule has 0 bridgehead atoms. The predicted octanol–water partition coefficient (Wildman–Crippen LogP) is 1.90. The number of carbonyl (C=O) groups excluding carboxylic acids is 1. The lowest BCUT2D eigenvalue weighted by atomic mass is 10.0. The number of hydrogen-bond acceptors (Lipinski definition) is 7. The van der Waals surface area contributed by atoms with Crippen molar-refractivity contribution in [3.05, 3.63) is 35.0 Å². The lowest BCUT2D eigenvalue weighted by Gasteiger charge is -2.32. The third kappa shape index (κ3) is 3.79. The van der Waals surface area contributed by atoms with Crippen LogP contribution < -0.4 is 5.73 Å². The molecule has 1 saturated heterocycles. The second kappa shape index (κ2) is 7.24.